The maximum absolute atomic E-state index is 13.4. The second-order valence-electron chi connectivity index (χ2n) is 7.15. The molecule has 1 aliphatic heterocycles. The number of hydrogen-bond acceptors (Lipinski definition) is 6. The average molecular weight is 476 g/mol. The smallest absolute Gasteiger partial charge is 0.322 e. The molecule has 33 heavy (non-hydrogen) atoms. The first-order chi connectivity index (χ1) is 15.8. The summed E-state index contributed by atoms with van der Waals surface area (Å²) in [4.78, 5) is 51.6. The first kappa shape index (κ1) is 24.0. The Bertz CT molecular complexity index is 1080. The van der Waals surface area contributed by atoms with Gasteiger partial charge in [0.05, 0.1) is 23.7 Å². The Hall–Kier alpha value is -3.63. The number of aliphatic hydroxyl groups is 1. The molecule has 0 radical (unpaired) electrons. The second-order valence-corrected chi connectivity index (χ2v) is 7.56. The van der Waals surface area contributed by atoms with Crippen molar-refractivity contribution in [1.29, 1.82) is 0 Å². The van der Waals surface area contributed by atoms with E-state index in [-0.39, 0.29) is 43.4 Å². The molecule has 174 valence electrons. The number of rotatable bonds is 8. The Morgan fingerprint density at radius 1 is 1.12 bits per heavy atom. The molecule has 0 bridgehead atoms. The van der Waals surface area contributed by atoms with Gasteiger partial charge in [0.2, 0.25) is 11.8 Å². The molecule has 3 N–H and O–H groups in total. The number of nitrogens with one attached hydrogen (secondary N) is 1. The maximum Gasteiger partial charge on any atom is 0.322 e. The molecule has 11 heteroatoms. The molecule has 0 fully saturated rings. The molecule has 2 aromatic rings. The first-order valence-electron chi connectivity index (χ1n) is 9.99. The number of carboxylic acids is 1. The van der Waals surface area contributed by atoms with Crippen molar-refractivity contribution in [3.8, 4) is 5.75 Å². The molecule has 3 amide bonds. The summed E-state index contributed by atoms with van der Waals surface area (Å²) in [6.07, 6.45) is 0. The molecule has 0 saturated carbocycles. The lowest BCUT2D eigenvalue weighted by molar-refractivity contribution is -0.139. The highest BCUT2D eigenvalue weighted by Gasteiger charge is 2.31. The second kappa shape index (κ2) is 10.8. The van der Waals surface area contributed by atoms with E-state index >= 15 is 0 Å². The van der Waals surface area contributed by atoms with Crippen molar-refractivity contribution in [2.45, 2.75) is 6.54 Å². The number of aliphatic hydroxyl groups excluding tert-OH is 1. The molecular weight excluding hydrogens is 454 g/mol. The van der Waals surface area contributed by atoms with Crippen LogP contribution in [0, 0.1) is 0 Å². The van der Waals surface area contributed by atoms with Gasteiger partial charge in [0.25, 0.3) is 5.91 Å². The molecule has 10 nitrogen and oxygen atoms in total. The third kappa shape index (κ3) is 5.99. The molecule has 2 aromatic carbocycles. The Morgan fingerprint density at radius 3 is 2.58 bits per heavy atom. The van der Waals surface area contributed by atoms with Gasteiger partial charge in [0.15, 0.2) is 0 Å². The Balaban J connectivity index is 1.85. The highest BCUT2D eigenvalue weighted by molar-refractivity contribution is 6.34. The monoisotopic (exact) mass is 475 g/mol. The molecule has 0 aliphatic carbocycles. The van der Waals surface area contributed by atoms with Crippen LogP contribution in [0.15, 0.2) is 42.5 Å². The topological polar surface area (TPSA) is 136 Å². The summed E-state index contributed by atoms with van der Waals surface area (Å²) in [6, 6.07) is 11.4. The molecule has 3 rings (SSSR count). The lowest BCUT2D eigenvalue weighted by atomic mass is 10.1. The van der Waals surface area contributed by atoms with Crippen molar-refractivity contribution in [3.05, 3.63) is 58.6 Å². The number of ether oxygens (including phenoxy) is 1. The van der Waals surface area contributed by atoms with Crippen LogP contribution in [-0.4, -0.2) is 71.7 Å². The number of aliphatic carboxylic acids is 1. The van der Waals surface area contributed by atoms with Crippen molar-refractivity contribution >= 4 is 41.0 Å². The lowest BCUT2D eigenvalue weighted by Crippen LogP contribution is -2.44. The molecule has 1 aliphatic rings. The van der Waals surface area contributed by atoms with Crippen molar-refractivity contribution in [2.24, 2.45) is 0 Å². The normalized spacial score (nSPS) is 13.2. The quantitative estimate of drug-likeness (QED) is 0.516. The molecular formula is C22H22ClN3O7. The van der Waals surface area contributed by atoms with Gasteiger partial charge in [0, 0.05) is 12.2 Å². The van der Waals surface area contributed by atoms with Gasteiger partial charge < -0.3 is 25.2 Å². The van der Waals surface area contributed by atoms with Gasteiger partial charge in [-0.3, -0.25) is 24.1 Å². The summed E-state index contributed by atoms with van der Waals surface area (Å²) < 4.78 is 5.30. The van der Waals surface area contributed by atoms with E-state index in [1.54, 1.807) is 30.3 Å². The summed E-state index contributed by atoms with van der Waals surface area (Å²) in [5.41, 5.74) is 1.30. The highest BCUT2D eigenvalue weighted by Crippen LogP contribution is 2.30. The number of halogens is 1. The number of carboxylic acid groups (broad SMARTS) is 1. The predicted octanol–water partition coefficient (Wildman–Crippen LogP) is 0.901. The third-order valence-electron chi connectivity index (χ3n) is 4.84. The molecule has 0 unspecified atom stereocenters. The standard InChI is InChI=1S/C22H22ClN3O7/c23-17-9-15(33-8-7-27)5-6-16(17)22(32)26-13-20(29)25(12-19(28)24-10-21(30)31)11-14-3-1-2-4-18(14)26/h1-6,9,27H,7-8,10-13H2,(H,24,28)(H,30,31). The van der Waals surface area contributed by atoms with Crippen LogP contribution >= 0.6 is 11.6 Å². The van der Waals surface area contributed by atoms with Crippen molar-refractivity contribution in [3.63, 3.8) is 0 Å². The van der Waals surface area contributed by atoms with Crippen molar-refractivity contribution in [1.82, 2.24) is 10.2 Å². The zero-order chi connectivity index (χ0) is 24.0. The van der Waals surface area contributed by atoms with Crippen molar-refractivity contribution < 1.29 is 34.1 Å². The number of hydrogen-bond donors (Lipinski definition) is 3. The maximum atomic E-state index is 13.4. The van der Waals surface area contributed by atoms with E-state index in [0.717, 1.165) is 0 Å². The summed E-state index contributed by atoms with van der Waals surface area (Å²) in [7, 11) is 0. The summed E-state index contributed by atoms with van der Waals surface area (Å²) in [5, 5.41) is 19.9. The van der Waals surface area contributed by atoms with Crippen molar-refractivity contribution in [2.75, 3.05) is 37.7 Å². The van der Waals surface area contributed by atoms with Gasteiger partial charge in [-0.2, -0.15) is 0 Å². The first-order valence-corrected chi connectivity index (χ1v) is 10.4. The zero-order valence-corrected chi connectivity index (χ0v) is 18.2. The Labute approximate surface area is 194 Å². The van der Waals surface area contributed by atoms with Gasteiger partial charge >= 0.3 is 5.97 Å². The number of carbonyl (C=O) groups is 4. The van der Waals surface area contributed by atoms with Gasteiger partial charge in [-0.1, -0.05) is 29.8 Å². The van der Waals surface area contributed by atoms with E-state index in [4.69, 9.17) is 26.6 Å². The zero-order valence-electron chi connectivity index (χ0n) is 17.5. The minimum absolute atomic E-state index is 0.0704. The minimum atomic E-state index is -1.20. The molecule has 0 aromatic heterocycles. The number of fused-ring (bicyclic) bond motifs is 1. The minimum Gasteiger partial charge on any atom is -0.491 e. The number of para-hydroxylation sites is 1. The van der Waals surface area contributed by atoms with Gasteiger partial charge in [-0.25, -0.2) is 0 Å². The van der Waals surface area contributed by atoms with E-state index in [1.807, 2.05) is 0 Å². The third-order valence-corrected chi connectivity index (χ3v) is 5.15. The molecule has 0 saturated heterocycles. The van der Waals surface area contributed by atoms with Crippen LogP contribution in [-0.2, 0) is 20.9 Å². The van der Waals surface area contributed by atoms with Crippen LogP contribution in [0.5, 0.6) is 5.75 Å². The van der Waals surface area contributed by atoms with Crippen LogP contribution in [0.3, 0.4) is 0 Å². The van der Waals surface area contributed by atoms with Crippen LogP contribution in [0.4, 0.5) is 5.69 Å². The van der Waals surface area contributed by atoms with E-state index in [2.05, 4.69) is 5.32 Å². The number of amides is 3. The predicted molar refractivity (Wildman–Crippen MR) is 118 cm³/mol. The summed E-state index contributed by atoms with van der Waals surface area (Å²) in [5.74, 6) is -2.42. The summed E-state index contributed by atoms with van der Waals surface area (Å²) >= 11 is 6.30. The number of carbonyl (C=O) groups excluding carboxylic acids is 3. The highest BCUT2D eigenvalue weighted by atomic mass is 35.5. The van der Waals surface area contributed by atoms with E-state index in [0.29, 0.717) is 17.0 Å². The Morgan fingerprint density at radius 2 is 1.88 bits per heavy atom. The number of benzene rings is 2. The largest absolute Gasteiger partial charge is 0.491 e. The van der Waals surface area contributed by atoms with Gasteiger partial charge in [-0.05, 0) is 29.8 Å². The van der Waals surface area contributed by atoms with Gasteiger partial charge in [0.1, 0.15) is 25.4 Å². The van der Waals surface area contributed by atoms with E-state index in [9.17, 15) is 19.2 Å². The lowest BCUT2D eigenvalue weighted by Gasteiger charge is -2.23. The molecule has 0 spiro atoms. The fourth-order valence-electron chi connectivity index (χ4n) is 3.32. The van der Waals surface area contributed by atoms with E-state index < -0.39 is 30.2 Å². The van der Waals surface area contributed by atoms with E-state index in [1.165, 1.54) is 21.9 Å². The number of nitrogens with zero attached hydrogens (tertiary/aromatic N) is 2. The average Bonchev–Trinajstić information content (AvgIpc) is 2.92. The molecule has 0 atom stereocenters. The van der Waals surface area contributed by atoms with Crippen LogP contribution < -0.4 is 15.0 Å². The molecule has 1 heterocycles. The van der Waals surface area contributed by atoms with Crippen LogP contribution in [0.25, 0.3) is 0 Å². The number of anilines is 1. The fraction of sp³-hybridized carbons (Fsp3) is 0.273. The van der Waals surface area contributed by atoms with Crippen LogP contribution in [0.1, 0.15) is 15.9 Å². The van der Waals surface area contributed by atoms with Gasteiger partial charge in [-0.15, -0.1) is 0 Å². The Kier molecular flexibility index (Phi) is 7.86. The fourth-order valence-corrected chi connectivity index (χ4v) is 3.57. The summed E-state index contributed by atoms with van der Waals surface area (Å²) in [6.45, 7) is -1.26. The van der Waals surface area contributed by atoms with Crippen LogP contribution in [0.2, 0.25) is 5.02 Å². The SMILES string of the molecule is O=C(O)CNC(=O)CN1Cc2ccccc2N(C(=O)c2ccc(OCCO)cc2Cl)CC1=O.